The van der Waals surface area contributed by atoms with Crippen LogP contribution in [0, 0.1) is 6.92 Å². The summed E-state index contributed by atoms with van der Waals surface area (Å²) in [6, 6.07) is 11.1. The van der Waals surface area contributed by atoms with Gasteiger partial charge in [0.15, 0.2) is 11.5 Å². The van der Waals surface area contributed by atoms with Crippen LogP contribution in [0.15, 0.2) is 42.7 Å². The van der Waals surface area contributed by atoms with Crippen LogP contribution in [0.25, 0.3) is 5.69 Å². The number of nitrogens with zero attached hydrogens (tertiary/aromatic N) is 4. The molecule has 1 aromatic heterocycles. The molecule has 0 fully saturated rings. The van der Waals surface area contributed by atoms with E-state index in [0.29, 0.717) is 30.4 Å². The van der Waals surface area contributed by atoms with Gasteiger partial charge in [-0.3, -0.25) is 4.79 Å². The number of rotatable bonds is 8. The van der Waals surface area contributed by atoms with E-state index in [0.717, 1.165) is 16.8 Å². The molecule has 0 saturated heterocycles. The fourth-order valence-electron chi connectivity index (χ4n) is 2.86. The van der Waals surface area contributed by atoms with Gasteiger partial charge in [0, 0.05) is 5.69 Å². The molecule has 146 valence electrons. The molecule has 1 heterocycles. The van der Waals surface area contributed by atoms with E-state index in [9.17, 15) is 4.79 Å². The van der Waals surface area contributed by atoms with E-state index in [4.69, 9.17) is 9.47 Å². The lowest BCUT2D eigenvalue weighted by molar-refractivity contribution is -0.115. The third-order valence-electron chi connectivity index (χ3n) is 4.15. The molecule has 0 unspecified atom stereocenters. The van der Waals surface area contributed by atoms with Gasteiger partial charge in [-0.2, -0.15) is 0 Å². The van der Waals surface area contributed by atoms with Crippen LogP contribution in [0.2, 0.25) is 0 Å². The van der Waals surface area contributed by atoms with Gasteiger partial charge in [0.1, 0.15) is 6.33 Å². The lowest BCUT2D eigenvalue weighted by Crippen LogP contribution is -2.16. The van der Waals surface area contributed by atoms with Gasteiger partial charge in [0.25, 0.3) is 0 Å². The van der Waals surface area contributed by atoms with Crippen LogP contribution in [-0.2, 0) is 11.2 Å². The highest BCUT2D eigenvalue weighted by molar-refractivity contribution is 5.93. The van der Waals surface area contributed by atoms with Crippen LogP contribution in [0.4, 0.5) is 5.69 Å². The van der Waals surface area contributed by atoms with E-state index in [-0.39, 0.29) is 12.3 Å². The number of tetrazole rings is 1. The number of aromatic nitrogens is 4. The quantitative estimate of drug-likeness (QED) is 0.645. The summed E-state index contributed by atoms with van der Waals surface area (Å²) in [6.07, 6.45) is 1.74. The zero-order valence-corrected chi connectivity index (χ0v) is 16.2. The predicted octanol–water partition coefficient (Wildman–Crippen LogP) is 2.95. The predicted molar refractivity (Wildman–Crippen MR) is 105 cm³/mol. The maximum Gasteiger partial charge on any atom is 0.228 e. The zero-order chi connectivity index (χ0) is 19.9. The summed E-state index contributed by atoms with van der Waals surface area (Å²) in [7, 11) is 0. The molecule has 1 N–H and O–H groups in total. The highest BCUT2D eigenvalue weighted by atomic mass is 16.5. The standard InChI is InChI=1S/C20H23N5O3/c1-4-27-18-10-9-15(11-19(18)28-5-2)12-20(26)22-16-7-6-8-17(14(16)3)25-13-21-23-24-25/h6-11,13H,4-5,12H2,1-3H3,(H,22,26). The molecule has 3 aromatic rings. The summed E-state index contributed by atoms with van der Waals surface area (Å²) in [5.41, 5.74) is 3.25. The molecule has 28 heavy (non-hydrogen) atoms. The Hall–Kier alpha value is -3.42. The molecule has 0 spiro atoms. The summed E-state index contributed by atoms with van der Waals surface area (Å²) in [4.78, 5) is 12.6. The monoisotopic (exact) mass is 381 g/mol. The fraction of sp³-hybridized carbons (Fsp3) is 0.300. The van der Waals surface area contributed by atoms with Crippen molar-refractivity contribution in [3.8, 4) is 17.2 Å². The molecule has 8 heteroatoms. The molecule has 2 aromatic carbocycles. The van der Waals surface area contributed by atoms with Crippen LogP contribution in [-0.4, -0.2) is 39.3 Å². The van der Waals surface area contributed by atoms with Gasteiger partial charge in [-0.05, 0) is 66.6 Å². The largest absolute Gasteiger partial charge is 0.490 e. The zero-order valence-electron chi connectivity index (χ0n) is 16.2. The van der Waals surface area contributed by atoms with Gasteiger partial charge in [-0.15, -0.1) is 5.10 Å². The summed E-state index contributed by atoms with van der Waals surface area (Å²) in [6.45, 7) is 6.82. The Labute approximate surface area is 163 Å². The van der Waals surface area contributed by atoms with Crippen molar-refractivity contribution in [2.24, 2.45) is 0 Å². The first-order chi connectivity index (χ1) is 13.6. The highest BCUT2D eigenvalue weighted by Crippen LogP contribution is 2.29. The van der Waals surface area contributed by atoms with Crippen molar-refractivity contribution < 1.29 is 14.3 Å². The molecular formula is C20H23N5O3. The highest BCUT2D eigenvalue weighted by Gasteiger charge is 2.12. The van der Waals surface area contributed by atoms with Gasteiger partial charge in [-0.25, -0.2) is 4.68 Å². The minimum absolute atomic E-state index is 0.122. The van der Waals surface area contributed by atoms with Crippen LogP contribution < -0.4 is 14.8 Å². The maximum atomic E-state index is 12.6. The molecule has 0 aliphatic rings. The first-order valence-corrected chi connectivity index (χ1v) is 9.13. The molecule has 0 atom stereocenters. The van der Waals surface area contributed by atoms with E-state index in [1.807, 2.05) is 57.2 Å². The van der Waals surface area contributed by atoms with E-state index in [2.05, 4.69) is 20.8 Å². The molecular weight excluding hydrogens is 358 g/mol. The van der Waals surface area contributed by atoms with E-state index >= 15 is 0 Å². The normalized spacial score (nSPS) is 10.5. The van der Waals surface area contributed by atoms with Crippen LogP contribution in [0.5, 0.6) is 11.5 Å². The Kier molecular flexibility index (Phi) is 6.21. The molecule has 0 bridgehead atoms. The molecule has 3 rings (SSSR count). The van der Waals surface area contributed by atoms with Crippen molar-refractivity contribution in [3.05, 3.63) is 53.9 Å². The van der Waals surface area contributed by atoms with Gasteiger partial charge >= 0.3 is 0 Å². The first kappa shape index (κ1) is 19.3. The SMILES string of the molecule is CCOc1ccc(CC(=O)Nc2cccc(-n3cnnn3)c2C)cc1OCC. The van der Waals surface area contributed by atoms with E-state index in [1.165, 1.54) is 6.33 Å². The molecule has 0 aliphatic carbocycles. The number of benzene rings is 2. The third kappa shape index (κ3) is 4.46. The molecule has 1 amide bonds. The van der Waals surface area contributed by atoms with Crippen molar-refractivity contribution in [3.63, 3.8) is 0 Å². The molecule has 0 saturated carbocycles. The van der Waals surface area contributed by atoms with Crippen molar-refractivity contribution in [2.45, 2.75) is 27.2 Å². The van der Waals surface area contributed by atoms with Crippen LogP contribution in [0.1, 0.15) is 25.0 Å². The number of nitrogens with one attached hydrogen (secondary N) is 1. The van der Waals surface area contributed by atoms with Crippen LogP contribution >= 0.6 is 0 Å². The van der Waals surface area contributed by atoms with Crippen molar-refractivity contribution in [1.82, 2.24) is 20.2 Å². The smallest absolute Gasteiger partial charge is 0.228 e. The second-order valence-electron chi connectivity index (χ2n) is 6.08. The van der Waals surface area contributed by atoms with Crippen molar-refractivity contribution in [1.29, 1.82) is 0 Å². The summed E-state index contributed by atoms with van der Waals surface area (Å²) < 4.78 is 12.8. The Morgan fingerprint density at radius 2 is 1.89 bits per heavy atom. The number of anilines is 1. The second kappa shape index (κ2) is 8.98. The third-order valence-corrected chi connectivity index (χ3v) is 4.15. The summed E-state index contributed by atoms with van der Waals surface area (Å²) >= 11 is 0. The average molecular weight is 381 g/mol. The Morgan fingerprint density at radius 1 is 1.11 bits per heavy atom. The second-order valence-corrected chi connectivity index (χ2v) is 6.08. The fourth-order valence-corrected chi connectivity index (χ4v) is 2.86. The lowest BCUT2D eigenvalue weighted by atomic mass is 10.1. The van der Waals surface area contributed by atoms with Crippen molar-refractivity contribution >= 4 is 11.6 Å². The summed E-state index contributed by atoms with van der Waals surface area (Å²) in [5.74, 6) is 1.20. The minimum Gasteiger partial charge on any atom is -0.490 e. The molecule has 0 aliphatic heterocycles. The van der Waals surface area contributed by atoms with Gasteiger partial charge < -0.3 is 14.8 Å². The Bertz CT molecular complexity index is 941. The number of carbonyl (C=O) groups is 1. The number of amides is 1. The molecule has 0 radical (unpaired) electrons. The number of hydrogen-bond acceptors (Lipinski definition) is 6. The first-order valence-electron chi connectivity index (χ1n) is 9.13. The minimum atomic E-state index is -0.122. The van der Waals surface area contributed by atoms with Crippen molar-refractivity contribution in [2.75, 3.05) is 18.5 Å². The average Bonchev–Trinajstić information content (AvgIpc) is 3.20. The van der Waals surface area contributed by atoms with Gasteiger partial charge in [0.05, 0.1) is 25.3 Å². The van der Waals surface area contributed by atoms with Crippen LogP contribution in [0.3, 0.4) is 0 Å². The lowest BCUT2D eigenvalue weighted by Gasteiger charge is -2.14. The number of carbonyl (C=O) groups excluding carboxylic acids is 1. The number of hydrogen-bond donors (Lipinski definition) is 1. The van der Waals surface area contributed by atoms with Gasteiger partial charge in [-0.1, -0.05) is 12.1 Å². The maximum absolute atomic E-state index is 12.6. The Balaban J connectivity index is 1.74. The van der Waals surface area contributed by atoms with E-state index in [1.54, 1.807) is 4.68 Å². The molecule has 8 nitrogen and oxygen atoms in total. The topological polar surface area (TPSA) is 91.2 Å². The van der Waals surface area contributed by atoms with Gasteiger partial charge in [0.2, 0.25) is 5.91 Å². The number of ether oxygens (including phenoxy) is 2. The van der Waals surface area contributed by atoms with E-state index < -0.39 is 0 Å². The summed E-state index contributed by atoms with van der Waals surface area (Å²) in [5, 5.41) is 14.2. The Morgan fingerprint density at radius 3 is 2.61 bits per heavy atom.